The molecule has 10 heteroatoms. The monoisotopic (exact) mass is 454 g/mol. The lowest BCUT2D eigenvalue weighted by atomic mass is 10.2. The Morgan fingerprint density at radius 3 is 2.59 bits per heavy atom. The number of aromatic nitrogens is 3. The molecule has 0 aliphatic rings. The lowest BCUT2D eigenvalue weighted by Crippen LogP contribution is -2.29. The van der Waals surface area contributed by atoms with Crippen molar-refractivity contribution < 1.29 is 12.8 Å². The number of thioether (sulfide) groups is 1. The van der Waals surface area contributed by atoms with Crippen LogP contribution in [-0.2, 0) is 22.3 Å². The lowest BCUT2D eigenvalue weighted by Gasteiger charge is -2.15. The molecule has 1 heterocycles. The molecule has 0 fully saturated rings. The van der Waals surface area contributed by atoms with Crippen LogP contribution in [0.1, 0.15) is 31.3 Å². The Balaban J connectivity index is 1.75. The van der Waals surface area contributed by atoms with Crippen LogP contribution in [0.25, 0.3) is 0 Å². The topological polar surface area (TPSA) is 76.9 Å². The molecule has 0 saturated heterocycles. The molecule has 0 spiro atoms. The summed E-state index contributed by atoms with van der Waals surface area (Å²) in [6, 6.07) is 11.7. The lowest BCUT2D eigenvalue weighted by molar-refractivity contribution is 0.539. The molecule has 6 nitrogen and oxygen atoms in total. The van der Waals surface area contributed by atoms with Crippen LogP contribution in [0, 0.1) is 5.82 Å². The van der Waals surface area contributed by atoms with Gasteiger partial charge in [-0.2, -0.15) is 0 Å². The molecule has 1 N–H and O–H groups in total. The molecular weight excluding hydrogens is 435 g/mol. The van der Waals surface area contributed by atoms with Gasteiger partial charge in [0, 0.05) is 17.3 Å². The van der Waals surface area contributed by atoms with Gasteiger partial charge in [0.05, 0.1) is 10.9 Å². The van der Waals surface area contributed by atoms with E-state index in [0.29, 0.717) is 28.3 Å². The SMILES string of the molecule is CCn1c(SCc2cccc(F)c2)nnc1C(C)NS(=O)(=O)c1ccc(Cl)cc1. The molecule has 0 amide bonds. The highest BCUT2D eigenvalue weighted by atomic mass is 35.5. The number of hydrogen-bond acceptors (Lipinski definition) is 5. The van der Waals surface area contributed by atoms with Crippen LogP contribution < -0.4 is 4.72 Å². The maximum atomic E-state index is 13.4. The van der Waals surface area contributed by atoms with E-state index in [0.717, 1.165) is 5.56 Å². The van der Waals surface area contributed by atoms with Gasteiger partial charge < -0.3 is 4.57 Å². The minimum Gasteiger partial charge on any atom is -0.305 e. The van der Waals surface area contributed by atoms with Gasteiger partial charge in [-0.15, -0.1) is 10.2 Å². The van der Waals surface area contributed by atoms with E-state index in [4.69, 9.17) is 11.6 Å². The van der Waals surface area contributed by atoms with Crippen molar-refractivity contribution in [3.8, 4) is 0 Å². The van der Waals surface area contributed by atoms with Crippen LogP contribution >= 0.6 is 23.4 Å². The normalized spacial score (nSPS) is 12.8. The Labute approximate surface area is 178 Å². The average Bonchev–Trinajstić information content (AvgIpc) is 3.09. The van der Waals surface area contributed by atoms with Crippen LogP contribution in [0.5, 0.6) is 0 Å². The van der Waals surface area contributed by atoms with E-state index < -0.39 is 16.1 Å². The highest BCUT2D eigenvalue weighted by Crippen LogP contribution is 2.25. The quantitative estimate of drug-likeness (QED) is 0.510. The van der Waals surface area contributed by atoms with E-state index >= 15 is 0 Å². The van der Waals surface area contributed by atoms with Gasteiger partial charge in [-0.25, -0.2) is 17.5 Å². The molecule has 0 aliphatic carbocycles. The van der Waals surface area contributed by atoms with Crippen LogP contribution in [0.4, 0.5) is 4.39 Å². The molecule has 3 rings (SSSR count). The first-order valence-corrected chi connectivity index (χ1v) is 11.7. The highest BCUT2D eigenvalue weighted by Gasteiger charge is 2.23. The molecule has 1 aromatic heterocycles. The average molecular weight is 455 g/mol. The van der Waals surface area contributed by atoms with Crippen molar-refractivity contribution in [1.29, 1.82) is 0 Å². The molecule has 1 atom stereocenters. The number of sulfonamides is 1. The first-order chi connectivity index (χ1) is 13.8. The zero-order chi connectivity index (χ0) is 21.0. The number of benzene rings is 2. The summed E-state index contributed by atoms with van der Waals surface area (Å²) < 4.78 is 43.1. The van der Waals surface area contributed by atoms with Crippen LogP contribution in [0.3, 0.4) is 0 Å². The largest absolute Gasteiger partial charge is 0.305 e. The molecule has 29 heavy (non-hydrogen) atoms. The Kier molecular flexibility index (Phi) is 6.94. The summed E-state index contributed by atoms with van der Waals surface area (Å²) in [7, 11) is -3.74. The molecule has 154 valence electrons. The summed E-state index contributed by atoms with van der Waals surface area (Å²) >= 11 is 7.25. The minimum atomic E-state index is -3.74. The molecule has 0 bridgehead atoms. The predicted octanol–water partition coefficient (Wildman–Crippen LogP) is 4.42. The van der Waals surface area contributed by atoms with E-state index in [1.807, 2.05) is 17.6 Å². The van der Waals surface area contributed by atoms with Crippen molar-refractivity contribution in [3.63, 3.8) is 0 Å². The van der Waals surface area contributed by atoms with Crippen molar-refractivity contribution in [1.82, 2.24) is 19.5 Å². The summed E-state index contributed by atoms with van der Waals surface area (Å²) in [6.07, 6.45) is 0. The van der Waals surface area contributed by atoms with Gasteiger partial charge in [0.25, 0.3) is 0 Å². The third-order valence-corrected chi connectivity index (χ3v) is 7.01. The van der Waals surface area contributed by atoms with Crippen molar-refractivity contribution >= 4 is 33.4 Å². The van der Waals surface area contributed by atoms with Crippen LogP contribution in [0.15, 0.2) is 58.6 Å². The zero-order valence-electron chi connectivity index (χ0n) is 15.8. The smallest absolute Gasteiger partial charge is 0.241 e. The number of nitrogens with one attached hydrogen (secondary N) is 1. The molecule has 2 aromatic carbocycles. The van der Waals surface area contributed by atoms with Crippen molar-refractivity contribution in [2.75, 3.05) is 0 Å². The standard InChI is InChI=1S/C19H20ClFN4O2S2/c1-3-25-18(13(2)24-29(26,27)17-9-7-15(20)8-10-17)22-23-19(25)28-12-14-5-4-6-16(21)11-14/h4-11,13,24H,3,12H2,1-2H3. The molecule has 3 aromatic rings. The van der Waals surface area contributed by atoms with E-state index in [2.05, 4.69) is 14.9 Å². The van der Waals surface area contributed by atoms with Crippen molar-refractivity contribution in [2.24, 2.45) is 0 Å². The Morgan fingerprint density at radius 1 is 1.21 bits per heavy atom. The Morgan fingerprint density at radius 2 is 1.93 bits per heavy atom. The van der Waals surface area contributed by atoms with Crippen LogP contribution in [-0.4, -0.2) is 23.2 Å². The Hall–Kier alpha value is -1.94. The second-order valence-corrected chi connectivity index (χ2v) is 9.39. The van der Waals surface area contributed by atoms with Gasteiger partial charge in [0.2, 0.25) is 10.0 Å². The van der Waals surface area contributed by atoms with E-state index in [1.165, 1.54) is 48.2 Å². The van der Waals surface area contributed by atoms with Crippen molar-refractivity contribution in [2.45, 2.75) is 42.2 Å². The molecule has 0 radical (unpaired) electrons. The summed E-state index contributed by atoms with van der Waals surface area (Å²) in [6.45, 7) is 4.21. The molecule has 0 aliphatic heterocycles. The second kappa shape index (κ2) is 9.25. The van der Waals surface area contributed by atoms with Crippen LogP contribution in [0.2, 0.25) is 5.02 Å². The first kappa shape index (κ1) is 21.8. The van der Waals surface area contributed by atoms with Gasteiger partial charge in [0.15, 0.2) is 11.0 Å². The molecule has 1 unspecified atom stereocenters. The first-order valence-electron chi connectivity index (χ1n) is 8.88. The number of hydrogen-bond donors (Lipinski definition) is 1. The minimum absolute atomic E-state index is 0.122. The summed E-state index contributed by atoms with van der Waals surface area (Å²) in [5, 5.41) is 9.47. The van der Waals surface area contributed by atoms with Gasteiger partial charge in [-0.3, -0.25) is 0 Å². The van der Waals surface area contributed by atoms with Gasteiger partial charge in [-0.1, -0.05) is 35.5 Å². The maximum absolute atomic E-state index is 13.4. The highest BCUT2D eigenvalue weighted by molar-refractivity contribution is 7.98. The second-order valence-electron chi connectivity index (χ2n) is 6.30. The zero-order valence-corrected chi connectivity index (χ0v) is 18.2. The number of halogens is 2. The fourth-order valence-corrected chi connectivity index (χ4v) is 5.05. The molecular formula is C19H20ClFN4O2S2. The Bertz CT molecular complexity index is 1090. The summed E-state index contributed by atoms with van der Waals surface area (Å²) in [5.41, 5.74) is 0.832. The number of rotatable bonds is 8. The van der Waals surface area contributed by atoms with Crippen molar-refractivity contribution in [3.05, 3.63) is 70.8 Å². The fraction of sp³-hybridized carbons (Fsp3) is 0.263. The molecule has 0 saturated carbocycles. The number of nitrogens with zero attached hydrogens (tertiary/aromatic N) is 3. The van der Waals surface area contributed by atoms with Gasteiger partial charge in [0.1, 0.15) is 5.82 Å². The van der Waals surface area contributed by atoms with Gasteiger partial charge in [-0.05, 0) is 55.8 Å². The maximum Gasteiger partial charge on any atom is 0.241 e. The van der Waals surface area contributed by atoms with E-state index in [1.54, 1.807) is 13.0 Å². The third kappa shape index (κ3) is 5.36. The predicted molar refractivity (Wildman–Crippen MR) is 112 cm³/mol. The van der Waals surface area contributed by atoms with E-state index in [-0.39, 0.29) is 10.7 Å². The summed E-state index contributed by atoms with van der Waals surface area (Å²) in [4.78, 5) is 0.122. The van der Waals surface area contributed by atoms with Gasteiger partial charge >= 0.3 is 0 Å². The fourth-order valence-electron chi connectivity index (χ4n) is 2.77. The third-order valence-electron chi connectivity index (χ3n) is 4.16. The van der Waals surface area contributed by atoms with E-state index in [9.17, 15) is 12.8 Å². The summed E-state index contributed by atoms with van der Waals surface area (Å²) in [5.74, 6) is 0.749.